The van der Waals surface area contributed by atoms with E-state index in [1.807, 2.05) is 30.3 Å². The smallest absolute Gasteiger partial charge is 0.227 e. The number of benzene rings is 1. The highest BCUT2D eigenvalue weighted by Gasteiger charge is 2.31. The molecule has 1 heterocycles. The molecule has 1 fully saturated rings. The van der Waals surface area contributed by atoms with Crippen molar-refractivity contribution in [2.75, 3.05) is 10.7 Å². The fourth-order valence-corrected chi connectivity index (χ4v) is 5.02. The van der Waals surface area contributed by atoms with Crippen LogP contribution in [0.5, 0.6) is 0 Å². The zero-order chi connectivity index (χ0) is 17.0. The molecular formula is C19H25NO3S. The zero-order valence-corrected chi connectivity index (χ0v) is 14.7. The molecule has 1 aliphatic carbocycles. The molecule has 0 saturated heterocycles. The van der Waals surface area contributed by atoms with Crippen LogP contribution < -0.4 is 4.90 Å². The lowest BCUT2D eigenvalue weighted by atomic mass is 9.86. The van der Waals surface area contributed by atoms with Crippen molar-refractivity contribution >= 4 is 21.4 Å². The summed E-state index contributed by atoms with van der Waals surface area (Å²) in [7, 11) is -3.19. The van der Waals surface area contributed by atoms with Gasteiger partial charge in [-0.3, -0.25) is 4.79 Å². The van der Waals surface area contributed by atoms with Gasteiger partial charge >= 0.3 is 0 Å². The highest BCUT2D eigenvalue weighted by atomic mass is 32.2. The van der Waals surface area contributed by atoms with E-state index >= 15 is 0 Å². The van der Waals surface area contributed by atoms with E-state index in [0.29, 0.717) is 12.3 Å². The van der Waals surface area contributed by atoms with Gasteiger partial charge < -0.3 is 4.90 Å². The lowest BCUT2D eigenvalue weighted by Gasteiger charge is -2.29. The first-order chi connectivity index (χ1) is 11.6. The van der Waals surface area contributed by atoms with Gasteiger partial charge in [-0.05, 0) is 30.5 Å². The van der Waals surface area contributed by atoms with E-state index in [9.17, 15) is 13.2 Å². The van der Waals surface area contributed by atoms with E-state index in [1.54, 1.807) is 11.0 Å². The molecule has 24 heavy (non-hydrogen) atoms. The van der Waals surface area contributed by atoms with Crippen molar-refractivity contribution in [3.63, 3.8) is 0 Å². The Morgan fingerprint density at radius 2 is 1.79 bits per heavy atom. The predicted molar refractivity (Wildman–Crippen MR) is 96.5 cm³/mol. The Bertz CT molecular complexity index is 691. The van der Waals surface area contributed by atoms with Crippen LogP contribution in [-0.2, 0) is 14.6 Å². The Morgan fingerprint density at radius 1 is 1.08 bits per heavy atom. The van der Waals surface area contributed by atoms with Gasteiger partial charge in [0.2, 0.25) is 5.91 Å². The van der Waals surface area contributed by atoms with E-state index in [2.05, 4.69) is 0 Å². The lowest BCUT2D eigenvalue weighted by Crippen LogP contribution is -2.41. The molecule has 0 spiro atoms. The van der Waals surface area contributed by atoms with Crippen molar-refractivity contribution in [2.45, 2.75) is 51.0 Å². The van der Waals surface area contributed by atoms with Crippen LogP contribution in [0.25, 0.3) is 0 Å². The third kappa shape index (κ3) is 4.26. The van der Waals surface area contributed by atoms with Crippen LogP contribution in [-0.4, -0.2) is 26.1 Å². The van der Waals surface area contributed by atoms with Crippen LogP contribution in [0.1, 0.15) is 44.9 Å². The molecule has 3 rings (SSSR count). The van der Waals surface area contributed by atoms with Gasteiger partial charge in [-0.2, -0.15) is 0 Å². The molecule has 4 nitrogen and oxygen atoms in total. The van der Waals surface area contributed by atoms with Crippen LogP contribution in [0, 0.1) is 5.92 Å². The first kappa shape index (κ1) is 17.2. The van der Waals surface area contributed by atoms with Crippen LogP contribution >= 0.6 is 0 Å². The van der Waals surface area contributed by atoms with Crippen LogP contribution in [0.2, 0.25) is 0 Å². The number of sulfone groups is 1. The third-order valence-corrected chi connectivity index (χ3v) is 6.41. The average molecular weight is 347 g/mol. The monoisotopic (exact) mass is 347 g/mol. The highest BCUT2D eigenvalue weighted by Crippen LogP contribution is 2.29. The molecule has 1 saturated carbocycles. The summed E-state index contributed by atoms with van der Waals surface area (Å²) in [6.45, 7) is 0. The van der Waals surface area contributed by atoms with Crippen molar-refractivity contribution in [1.29, 1.82) is 0 Å². The molecule has 0 bridgehead atoms. The van der Waals surface area contributed by atoms with Crippen molar-refractivity contribution < 1.29 is 13.2 Å². The topological polar surface area (TPSA) is 54.5 Å². The summed E-state index contributed by atoms with van der Waals surface area (Å²) >= 11 is 0. The summed E-state index contributed by atoms with van der Waals surface area (Å²) < 4.78 is 23.6. The molecule has 1 aromatic rings. The normalized spacial score (nSPS) is 23.2. The minimum Gasteiger partial charge on any atom is -0.304 e. The summed E-state index contributed by atoms with van der Waals surface area (Å²) in [6, 6.07) is 9.01. The molecule has 1 atom stereocenters. The molecule has 2 aliphatic rings. The summed E-state index contributed by atoms with van der Waals surface area (Å²) in [5.41, 5.74) is 0.776. The Balaban J connectivity index is 1.72. The summed E-state index contributed by atoms with van der Waals surface area (Å²) in [5, 5.41) is 1.24. The quantitative estimate of drug-likeness (QED) is 0.816. The number of rotatable bonds is 5. The fraction of sp³-hybridized carbons (Fsp3) is 0.526. The number of hydrogen-bond donors (Lipinski definition) is 0. The number of nitrogens with zero attached hydrogens (tertiary/aromatic N) is 1. The van der Waals surface area contributed by atoms with Gasteiger partial charge in [0.25, 0.3) is 0 Å². The standard InChI is InChI=1S/C19H25NO3S/c21-19(12-11-16-7-3-1-4-8-16)20(17-9-5-2-6-10-17)18-13-14-24(22,23)15-18/h2,5-6,9-10,13-14,16,18H,1,3-4,7-8,11-12,15H2/t18-/m0/s1. The highest BCUT2D eigenvalue weighted by molar-refractivity contribution is 7.94. The summed E-state index contributed by atoms with van der Waals surface area (Å²) in [6.07, 6.45) is 9.32. The van der Waals surface area contributed by atoms with Crippen molar-refractivity contribution in [3.05, 3.63) is 41.8 Å². The zero-order valence-electron chi connectivity index (χ0n) is 13.9. The largest absolute Gasteiger partial charge is 0.304 e. The second-order valence-electron chi connectivity index (χ2n) is 6.87. The Labute approximate surface area is 144 Å². The lowest BCUT2D eigenvalue weighted by molar-refractivity contribution is -0.119. The Hall–Kier alpha value is -1.62. The third-order valence-electron chi connectivity index (χ3n) is 5.04. The van der Waals surface area contributed by atoms with E-state index in [-0.39, 0.29) is 11.7 Å². The minimum atomic E-state index is -3.19. The van der Waals surface area contributed by atoms with E-state index in [4.69, 9.17) is 0 Å². The van der Waals surface area contributed by atoms with Crippen molar-refractivity contribution in [1.82, 2.24) is 0 Å². The molecular weight excluding hydrogens is 322 g/mol. The number of amides is 1. The van der Waals surface area contributed by atoms with E-state index < -0.39 is 15.9 Å². The predicted octanol–water partition coefficient (Wildman–Crippen LogP) is 3.69. The van der Waals surface area contributed by atoms with Crippen LogP contribution in [0.15, 0.2) is 41.8 Å². The summed E-state index contributed by atoms with van der Waals surface area (Å²) in [5.74, 6) is 0.651. The van der Waals surface area contributed by atoms with E-state index in [1.165, 1.54) is 37.5 Å². The van der Waals surface area contributed by atoms with Crippen LogP contribution in [0.4, 0.5) is 5.69 Å². The molecule has 1 aliphatic heterocycles. The molecule has 0 radical (unpaired) electrons. The fourth-order valence-electron chi connectivity index (χ4n) is 3.75. The molecule has 0 unspecified atom stereocenters. The number of hydrogen-bond acceptors (Lipinski definition) is 3. The van der Waals surface area contributed by atoms with Crippen LogP contribution in [0.3, 0.4) is 0 Å². The maximum atomic E-state index is 12.9. The summed E-state index contributed by atoms with van der Waals surface area (Å²) in [4.78, 5) is 14.6. The van der Waals surface area contributed by atoms with Crippen molar-refractivity contribution in [2.24, 2.45) is 5.92 Å². The minimum absolute atomic E-state index is 0.0168. The Kier molecular flexibility index (Phi) is 5.39. The van der Waals surface area contributed by atoms with E-state index in [0.717, 1.165) is 12.1 Å². The first-order valence-corrected chi connectivity index (χ1v) is 10.5. The van der Waals surface area contributed by atoms with Gasteiger partial charge in [-0.1, -0.05) is 50.3 Å². The first-order valence-electron chi connectivity index (χ1n) is 8.83. The SMILES string of the molecule is O=C(CCC1CCCCC1)N(c1ccccc1)[C@H]1C=CS(=O)(=O)C1. The molecule has 5 heteroatoms. The number of para-hydroxylation sites is 1. The number of carbonyl (C=O) groups is 1. The Morgan fingerprint density at radius 3 is 2.42 bits per heavy atom. The molecule has 130 valence electrons. The average Bonchev–Trinajstić information content (AvgIpc) is 2.95. The van der Waals surface area contributed by atoms with Gasteiger partial charge in [-0.25, -0.2) is 8.42 Å². The van der Waals surface area contributed by atoms with Gasteiger partial charge in [-0.15, -0.1) is 0 Å². The van der Waals surface area contributed by atoms with Gasteiger partial charge in [0.15, 0.2) is 9.84 Å². The van der Waals surface area contributed by atoms with Gasteiger partial charge in [0.05, 0.1) is 11.8 Å². The second-order valence-corrected chi connectivity index (χ2v) is 8.80. The number of anilines is 1. The molecule has 0 N–H and O–H groups in total. The molecule has 1 aromatic carbocycles. The maximum Gasteiger partial charge on any atom is 0.227 e. The maximum absolute atomic E-state index is 12.9. The molecule has 1 amide bonds. The van der Waals surface area contributed by atoms with Gasteiger partial charge in [0.1, 0.15) is 0 Å². The van der Waals surface area contributed by atoms with Gasteiger partial charge in [0, 0.05) is 17.5 Å². The molecule has 0 aromatic heterocycles. The number of carbonyl (C=O) groups excluding carboxylic acids is 1. The second kappa shape index (κ2) is 7.51. The van der Waals surface area contributed by atoms with Crippen molar-refractivity contribution in [3.8, 4) is 0 Å².